The lowest BCUT2D eigenvalue weighted by Crippen LogP contribution is -3.06. The number of benzene rings is 2. The number of rotatable bonds is 8. The average molecular weight is 383 g/mol. The summed E-state index contributed by atoms with van der Waals surface area (Å²) in [5.74, 6) is 0.367. The molecule has 7 heteroatoms. The number of aromatic nitrogens is 2. The van der Waals surface area contributed by atoms with E-state index in [1.54, 1.807) is 12.1 Å². The van der Waals surface area contributed by atoms with Crippen LogP contribution >= 0.6 is 0 Å². The van der Waals surface area contributed by atoms with Crippen LogP contribution in [0.5, 0.6) is 0 Å². The SMILES string of the molecule is C[NH+](C)C[C@H](NC(=O)CCc1nc(-c2ccc(F)cc2)no1)c1ccccc1. The summed E-state index contributed by atoms with van der Waals surface area (Å²) in [4.78, 5) is 18.0. The number of carbonyl (C=O) groups excluding carboxylic acids is 1. The zero-order valence-corrected chi connectivity index (χ0v) is 16.0. The number of quaternary nitrogens is 1. The van der Waals surface area contributed by atoms with Gasteiger partial charge in [0.1, 0.15) is 18.4 Å². The summed E-state index contributed by atoms with van der Waals surface area (Å²) in [6, 6.07) is 15.7. The zero-order chi connectivity index (χ0) is 19.9. The van der Waals surface area contributed by atoms with Gasteiger partial charge in [-0.05, 0) is 29.8 Å². The van der Waals surface area contributed by atoms with Gasteiger partial charge in [0.2, 0.25) is 17.6 Å². The minimum atomic E-state index is -0.323. The van der Waals surface area contributed by atoms with Crippen molar-refractivity contribution in [3.63, 3.8) is 0 Å². The fourth-order valence-corrected chi connectivity index (χ4v) is 2.91. The van der Waals surface area contributed by atoms with Crippen LogP contribution in [0.25, 0.3) is 11.4 Å². The highest BCUT2D eigenvalue weighted by Gasteiger charge is 2.18. The number of amides is 1. The van der Waals surface area contributed by atoms with Gasteiger partial charge in [0.25, 0.3) is 0 Å². The summed E-state index contributed by atoms with van der Waals surface area (Å²) >= 11 is 0. The Bertz CT molecular complexity index is 894. The Morgan fingerprint density at radius 2 is 1.86 bits per heavy atom. The van der Waals surface area contributed by atoms with Crippen molar-refractivity contribution < 1.29 is 18.6 Å². The van der Waals surface area contributed by atoms with Gasteiger partial charge < -0.3 is 14.7 Å². The number of carbonyl (C=O) groups is 1. The lowest BCUT2D eigenvalue weighted by Gasteiger charge is -2.20. The molecule has 0 unspecified atom stereocenters. The Morgan fingerprint density at radius 1 is 1.14 bits per heavy atom. The van der Waals surface area contributed by atoms with Gasteiger partial charge in [-0.2, -0.15) is 4.98 Å². The first kappa shape index (κ1) is 19.7. The normalized spacial score (nSPS) is 12.1. The second-order valence-electron chi connectivity index (χ2n) is 6.96. The molecule has 0 aliphatic heterocycles. The van der Waals surface area contributed by atoms with Crippen LogP contribution in [0.1, 0.15) is 23.9 Å². The van der Waals surface area contributed by atoms with E-state index in [1.807, 2.05) is 30.3 Å². The van der Waals surface area contributed by atoms with Crippen LogP contribution in [0.4, 0.5) is 4.39 Å². The first-order chi connectivity index (χ1) is 13.5. The molecule has 6 nitrogen and oxygen atoms in total. The van der Waals surface area contributed by atoms with Crippen molar-refractivity contribution in [2.24, 2.45) is 0 Å². The van der Waals surface area contributed by atoms with Gasteiger partial charge >= 0.3 is 0 Å². The molecule has 1 heterocycles. The zero-order valence-electron chi connectivity index (χ0n) is 16.0. The molecule has 2 N–H and O–H groups in total. The van der Waals surface area contributed by atoms with E-state index in [9.17, 15) is 9.18 Å². The number of nitrogens with one attached hydrogen (secondary N) is 2. The number of aryl methyl sites for hydroxylation is 1. The molecule has 2 aromatic carbocycles. The first-order valence-electron chi connectivity index (χ1n) is 9.23. The van der Waals surface area contributed by atoms with Crippen molar-refractivity contribution >= 4 is 5.91 Å². The summed E-state index contributed by atoms with van der Waals surface area (Å²) in [6.07, 6.45) is 0.591. The van der Waals surface area contributed by atoms with E-state index in [2.05, 4.69) is 29.6 Å². The molecular weight excluding hydrogens is 359 g/mol. The molecular formula is C21H24FN4O2+. The van der Waals surface area contributed by atoms with Gasteiger partial charge in [-0.3, -0.25) is 4.79 Å². The topological polar surface area (TPSA) is 72.5 Å². The van der Waals surface area contributed by atoms with Crippen LogP contribution in [0.3, 0.4) is 0 Å². The van der Waals surface area contributed by atoms with Gasteiger partial charge in [-0.25, -0.2) is 4.39 Å². The third-order valence-electron chi connectivity index (χ3n) is 4.29. The molecule has 0 bridgehead atoms. The highest BCUT2D eigenvalue weighted by atomic mass is 19.1. The Morgan fingerprint density at radius 3 is 2.54 bits per heavy atom. The highest BCUT2D eigenvalue weighted by Crippen LogP contribution is 2.17. The molecule has 0 saturated carbocycles. The van der Waals surface area contributed by atoms with Gasteiger partial charge in [0.15, 0.2) is 0 Å². The van der Waals surface area contributed by atoms with Gasteiger partial charge in [-0.1, -0.05) is 35.5 Å². The molecule has 3 aromatic rings. The third kappa shape index (κ3) is 5.47. The Labute approximate surface area is 163 Å². The summed E-state index contributed by atoms with van der Waals surface area (Å²) in [5.41, 5.74) is 1.74. The number of halogens is 1. The molecule has 3 rings (SSSR count). The Balaban J connectivity index is 1.58. The number of nitrogens with zero attached hydrogens (tertiary/aromatic N) is 2. The predicted octanol–water partition coefficient (Wildman–Crippen LogP) is 1.81. The Hall–Kier alpha value is -3.06. The molecule has 0 spiro atoms. The van der Waals surface area contributed by atoms with E-state index in [4.69, 9.17) is 4.52 Å². The molecule has 0 fully saturated rings. The maximum atomic E-state index is 13.0. The van der Waals surface area contributed by atoms with E-state index in [0.717, 1.165) is 12.1 Å². The molecule has 28 heavy (non-hydrogen) atoms. The summed E-state index contributed by atoms with van der Waals surface area (Å²) in [7, 11) is 4.11. The van der Waals surface area contributed by atoms with Crippen molar-refractivity contribution in [1.82, 2.24) is 15.5 Å². The van der Waals surface area contributed by atoms with Gasteiger partial charge in [0.05, 0.1) is 14.1 Å². The first-order valence-corrected chi connectivity index (χ1v) is 9.23. The van der Waals surface area contributed by atoms with Crippen LogP contribution in [-0.2, 0) is 11.2 Å². The van der Waals surface area contributed by atoms with Crippen LogP contribution < -0.4 is 10.2 Å². The Kier molecular flexibility index (Phi) is 6.49. The van der Waals surface area contributed by atoms with Crippen molar-refractivity contribution in [2.75, 3.05) is 20.6 Å². The quantitative estimate of drug-likeness (QED) is 0.622. The average Bonchev–Trinajstić information content (AvgIpc) is 3.16. The van der Waals surface area contributed by atoms with Crippen LogP contribution in [0, 0.1) is 5.82 Å². The van der Waals surface area contributed by atoms with Crippen molar-refractivity contribution in [3.8, 4) is 11.4 Å². The fraction of sp³-hybridized carbons (Fsp3) is 0.286. The minimum Gasteiger partial charge on any atom is -0.344 e. The number of hydrogen-bond acceptors (Lipinski definition) is 4. The summed E-state index contributed by atoms with van der Waals surface area (Å²) < 4.78 is 18.2. The number of likely N-dealkylation sites (N-methyl/N-ethyl adjacent to an activating group) is 1. The third-order valence-corrected chi connectivity index (χ3v) is 4.29. The fourth-order valence-electron chi connectivity index (χ4n) is 2.91. The minimum absolute atomic E-state index is 0.0591. The maximum Gasteiger partial charge on any atom is 0.227 e. The predicted molar refractivity (Wildman–Crippen MR) is 103 cm³/mol. The summed E-state index contributed by atoms with van der Waals surface area (Å²) in [6.45, 7) is 0.783. The van der Waals surface area contributed by atoms with Crippen LogP contribution in [0.2, 0.25) is 0 Å². The maximum absolute atomic E-state index is 13.0. The molecule has 1 aromatic heterocycles. The molecule has 0 radical (unpaired) electrons. The van der Waals surface area contributed by atoms with E-state index in [-0.39, 0.29) is 24.2 Å². The standard InChI is InChI=1S/C21H23FN4O2/c1-26(2)14-18(15-6-4-3-5-7-15)23-19(27)12-13-20-24-21(25-28-20)16-8-10-17(22)11-9-16/h3-11,18H,12-14H2,1-2H3,(H,23,27)/p+1/t18-/m0/s1. The van der Waals surface area contributed by atoms with Crippen molar-refractivity contribution in [3.05, 3.63) is 71.9 Å². The highest BCUT2D eigenvalue weighted by molar-refractivity contribution is 5.76. The molecule has 1 amide bonds. The van der Waals surface area contributed by atoms with Gasteiger partial charge in [-0.15, -0.1) is 0 Å². The van der Waals surface area contributed by atoms with E-state index in [1.165, 1.54) is 17.0 Å². The molecule has 0 saturated heterocycles. The number of hydrogen-bond donors (Lipinski definition) is 2. The molecule has 1 atom stereocenters. The molecule has 0 aliphatic rings. The summed E-state index contributed by atoms with van der Waals surface area (Å²) in [5, 5.41) is 6.99. The van der Waals surface area contributed by atoms with Crippen molar-refractivity contribution in [1.29, 1.82) is 0 Å². The van der Waals surface area contributed by atoms with E-state index < -0.39 is 0 Å². The molecule has 146 valence electrons. The lowest BCUT2D eigenvalue weighted by atomic mass is 10.1. The van der Waals surface area contributed by atoms with Gasteiger partial charge in [0, 0.05) is 18.4 Å². The monoisotopic (exact) mass is 383 g/mol. The van der Waals surface area contributed by atoms with E-state index >= 15 is 0 Å². The van der Waals surface area contributed by atoms with Crippen LogP contribution in [0.15, 0.2) is 59.1 Å². The van der Waals surface area contributed by atoms with Crippen molar-refractivity contribution in [2.45, 2.75) is 18.9 Å². The lowest BCUT2D eigenvalue weighted by molar-refractivity contribution is -0.860. The second-order valence-corrected chi connectivity index (χ2v) is 6.96. The van der Waals surface area contributed by atoms with E-state index in [0.29, 0.717) is 23.7 Å². The largest absolute Gasteiger partial charge is 0.344 e. The second kappa shape index (κ2) is 9.23. The van der Waals surface area contributed by atoms with Crippen LogP contribution in [-0.4, -0.2) is 36.7 Å². The smallest absolute Gasteiger partial charge is 0.227 e. The molecule has 0 aliphatic carbocycles.